The van der Waals surface area contributed by atoms with E-state index in [9.17, 15) is 13.2 Å². The molecule has 2 aromatic rings. The fourth-order valence-corrected chi connectivity index (χ4v) is 10.3. The lowest BCUT2D eigenvalue weighted by Crippen LogP contribution is -2.51. The number of carbonyl (C=O) groups is 1. The largest absolute Gasteiger partial charge is 0.490 e. The molecule has 7 rings (SSSR count). The van der Waals surface area contributed by atoms with Crippen LogP contribution in [0.5, 0.6) is 5.75 Å². The van der Waals surface area contributed by atoms with E-state index in [1.807, 2.05) is 25.1 Å². The average Bonchev–Trinajstić information content (AvgIpc) is 3.18. The minimum Gasteiger partial charge on any atom is -0.490 e. The number of hydrogen-bond donors (Lipinski definition) is 2. The third-order valence-corrected chi connectivity index (χ3v) is 14.0. The van der Waals surface area contributed by atoms with Crippen LogP contribution < -0.4 is 20.1 Å². The molecular formula is C36H48ClN3O6S. The summed E-state index contributed by atoms with van der Waals surface area (Å²) in [5.41, 5.74) is 9.56. The van der Waals surface area contributed by atoms with Crippen LogP contribution in [0.2, 0.25) is 5.02 Å². The molecule has 9 nitrogen and oxygen atoms in total. The predicted molar refractivity (Wildman–Crippen MR) is 182 cm³/mol. The summed E-state index contributed by atoms with van der Waals surface area (Å²) < 4.78 is 48.3. The number of carbonyl (C=O) groups excluding carboxylic acids is 1. The van der Waals surface area contributed by atoms with Crippen LogP contribution in [-0.2, 0) is 31.3 Å². The highest BCUT2D eigenvalue weighted by atomic mass is 35.5. The van der Waals surface area contributed by atoms with Gasteiger partial charge in [0.05, 0.1) is 36.8 Å². The first-order valence-corrected chi connectivity index (χ1v) is 19.3. The van der Waals surface area contributed by atoms with Crippen molar-refractivity contribution in [1.29, 1.82) is 0 Å². The zero-order valence-electron chi connectivity index (χ0n) is 27.5. The normalized spacial score (nSPS) is 35.8. The van der Waals surface area contributed by atoms with Gasteiger partial charge in [-0.1, -0.05) is 31.0 Å². The Balaban J connectivity index is 1.28. The summed E-state index contributed by atoms with van der Waals surface area (Å²) in [5.74, 6) is 0.960. The number of sulfonamides is 1. The summed E-state index contributed by atoms with van der Waals surface area (Å²) in [6.45, 7) is 6.65. The minimum atomic E-state index is -3.90. The van der Waals surface area contributed by atoms with Gasteiger partial charge in [-0.3, -0.25) is 4.79 Å². The van der Waals surface area contributed by atoms with Crippen molar-refractivity contribution < 1.29 is 27.4 Å². The molecule has 47 heavy (non-hydrogen) atoms. The first-order chi connectivity index (χ1) is 22.5. The van der Waals surface area contributed by atoms with Gasteiger partial charge >= 0.3 is 0 Å². The van der Waals surface area contributed by atoms with Gasteiger partial charge in [0.15, 0.2) is 6.29 Å². The Labute approximate surface area is 283 Å². The molecule has 3 N–H and O–H groups in total. The monoisotopic (exact) mass is 685 g/mol. The van der Waals surface area contributed by atoms with Gasteiger partial charge < -0.3 is 24.8 Å². The lowest BCUT2D eigenvalue weighted by atomic mass is 9.64. The number of nitrogens with two attached hydrogens (primary N) is 1. The predicted octanol–water partition coefficient (Wildman–Crippen LogP) is 5.42. The zero-order chi connectivity index (χ0) is 32.9. The van der Waals surface area contributed by atoms with Crippen molar-refractivity contribution in [3.63, 3.8) is 0 Å². The van der Waals surface area contributed by atoms with E-state index in [0.717, 1.165) is 75.2 Å². The van der Waals surface area contributed by atoms with Crippen molar-refractivity contribution in [2.75, 3.05) is 37.8 Å². The average molecular weight is 686 g/mol. The van der Waals surface area contributed by atoms with Crippen LogP contribution in [0.3, 0.4) is 0 Å². The van der Waals surface area contributed by atoms with Crippen molar-refractivity contribution in [2.45, 2.75) is 88.2 Å². The van der Waals surface area contributed by atoms with Gasteiger partial charge in [0, 0.05) is 35.0 Å². The van der Waals surface area contributed by atoms with E-state index in [2.05, 4.69) is 21.8 Å². The Morgan fingerprint density at radius 1 is 1.00 bits per heavy atom. The first-order valence-electron chi connectivity index (χ1n) is 17.4. The smallest absolute Gasteiger partial charge is 0.264 e. The van der Waals surface area contributed by atoms with E-state index in [4.69, 9.17) is 31.5 Å². The summed E-state index contributed by atoms with van der Waals surface area (Å²) >= 11 is 6.45. The van der Waals surface area contributed by atoms with Crippen LogP contribution in [0, 0.1) is 23.7 Å². The van der Waals surface area contributed by atoms with Crippen molar-refractivity contribution in [1.82, 2.24) is 4.72 Å². The number of fused-ring (bicyclic) bond motifs is 4. The van der Waals surface area contributed by atoms with Crippen molar-refractivity contribution >= 4 is 33.2 Å². The molecular weight excluding hydrogens is 638 g/mol. The van der Waals surface area contributed by atoms with Gasteiger partial charge in [0.25, 0.3) is 5.91 Å². The SMILES string of the molecule is C[C@@H]1[C@@H](C)CCC[C@H]([C@H]2OC[C@@H](N)CO2)[C@@H]2CC[C@H]2CN2C[C@@]3(CCCc4cc(Cl)ccc43)COc3ccc(cc32)C(=O)NS1(=O)=O. The van der Waals surface area contributed by atoms with E-state index in [0.29, 0.717) is 43.0 Å². The lowest BCUT2D eigenvalue weighted by molar-refractivity contribution is -0.229. The topological polar surface area (TPSA) is 120 Å². The van der Waals surface area contributed by atoms with Crippen LogP contribution in [0.15, 0.2) is 36.4 Å². The number of amides is 1. The number of halogens is 1. The number of nitrogens with zero attached hydrogens (tertiary/aromatic N) is 1. The standard InChI is InChI=1S/C36H48ClN3O6S/c1-22-5-3-7-30(35-44-18-28(38)19-45-35)29-11-8-26(29)17-40-20-36(14-4-6-24-15-27(37)10-12-31(24)36)21-46-33-13-9-25(16-32(33)40)34(41)39-47(42,43)23(22)2/h9-10,12-13,15-16,22-23,26,28-30,35H,3-8,11,14,17-21,38H2,1-2H3,(H,39,41)/t22-,23+,26-,28-,29+,30-,35+,36-/m0/s1. The van der Waals surface area contributed by atoms with E-state index in [1.165, 1.54) is 11.1 Å². The summed E-state index contributed by atoms with van der Waals surface area (Å²) in [7, 11) is -3.90. The molecule has 2 aliphatic carbocycles. The molecule has 3 aliphatic heterocycles. The first kappa shape index (κ1) is 33.1. The van der Waals surface area contributed by atoms with Crippen LogP contribution in [0.4, 0.5) is 5.69 Å². The molecule has 2 fully saturated rings. The molecule has 1 saturated heterocycles. The van der Waals surface area contributed by atoms with Crippen LogP contribution in [-0.4, -0.2) is 64.8 Å². The number of anilines is 1. The molecule has 1 amide bonds. The molecule has 2 bridgehead atoms. The molecule has 6 atom stereocenters. The van der Waals surface area contributed by atoms with Crippen LogP contribution in [0.1, 0.15) is 80.3 Å². The summed E-state index contributed by atoms with van der Waals surface area (Å²) in [5, 5.41) is 0.0178. The highest BCUT2D eigenvalue weighted by Crippen LogP contribution is 2.49. The molecule has 5 aliphatic rings. The Bertz CT molecular complexity index is 1600. The maximum Gasteiger partial charge on any atom is 0.264 e. The number of nitrogens with one attached hydrogen (secondary N) is 1. The van der Waals surface area contributed by atoms with Gasteiger partial charge in [-0.25, -0.2) is 13.1 Å². The second-order valence-electron chi connectivity index (χ2n) is 14.8. The van der Waals surface area contributed by atoms with Crippen LogP contribution >= 0.6 is 11.6 Å². The minimum absolute atomic E-state index is 0.122. The molecule has 2 aromatic carbocycles. The number of ether oxygens (including phenoxy) is 3. The Kier molecular flexibility index (Phi) is 9.28. The van der Waals surface area contributed by atoms with Gasteiger partial charge in [-0.15, -0.1) is 0 Å². The molecule has 0 unspecified atom stereocenters. The molecule has 3 heterocycles. The lowest BCUT2D eigenvalue weighted by Gasteiger charge is -2.48. The molecule has 1 saturated carbocycles. The maximum absolute atomic E-state index is 13.5. The second-order valence-corrected chi connectivity index (χ2v) is 17.3. The Morgan fingerprint density at radius 3 is 2.57 bits per heavy atom. The van der Waals surface area contributed by atoms with Gasteiger partial charge in [-0.2, -0.15) is 0 Å². The summed E-state index contributed by atoms with van der Waals surface area (Å²) in [4.78, 5) is 15.9. The van der Waals surface area contributed by atoms with Crippen molar-refractivity contribution in [2.24, 2.45) is 29.4 Å². The second kappa shape index (κ2) is 13.2. The Morgan fingerprint density at radius 2 is 1.81 bits per heavy atom. The zero-order valence-corrected chi connectivity index (χ0v) is 29.0. The fourth-order valence-electron chi connectivity index (χ4n) is 8.75. The van der Waals surface area contributed by atoms with Gasteiger partial charge in [0.1, 0.15) is 5.75 Å². The maximum atomic E-state index is 13.5. The molecule has 1 spiro atoms. The quantitative estimate of drug-likeness (QED) is 0.408. The fraction of sp³-hybridized carbons (Fsp3) is 0.639. The van der Waals surface area contributed by atoms with E-state index in [1.54, 1.807) is 13.0 Å². The molecule has 0 aromatic heterocycles. The number of aryl methyl sites for hydroxylation is 1. The van der Waals surface area contributed by atoms with E-state index < -0.39 is 21.2 Å². The van der Waals surface area contributed by atoms with Crippen molar-refractivity contribution in [3.8, 4) is 5.75 Å². The third kappa shape index (κ3) is 6.53. The van der Waals surface area contributed by atoms with E-state index in [-0.39, 0.29) is 29.6 Å². The Hall–Kier alpha value is -2.37. The van der Waals surface area contributed by atoms with Crippen molar-refractivity contribution in [3.05, 3.63) is 58.1 Å². The number of benzene rings is 2. The highest BCUT2D eigenvalue weighted by Gasteiger charge is 2.46. The molecule has 11 heteroatoms. The van der Waals surface area contributed by atoms with Crippen LogP contribution in [0.25, 0.3) is 0 Å². The highest BCUT2D eigenvalue weighted by molar-refractivity contribution is 7.90. The molecule has 256 valence electrons. The van der Waals surface area contributed by atoms with Gasteiger partial charge in [-0.05, 0) is 111 Å². The van der Waals surface area contributed by atoms with Gasteiger partial charge in [0.2, 0.25) is 10.0 Å². The number of rotatable bonds is 1. The summed E-state index contributed by atoms with van der Waals surface area (Å²) in [6, 6.07) is 11.5. The van der Waals surface area contributed by atoms with E-state index >= 15 is 0 Å². The molecule has 0 radical (unpaired) electrons. The summed E-state index contributed by atoms with van der Waals surface area (Å²) in [6.07, 6.45) is 7.34. The number of hydrogen-bond acceptors (Lipinski definition) is 8. The third-order valence-electron chi connectivity index (χ3n) is 11.8.